The van der Waals surface area contributed by atoms with Crippen LogP contribution in [0.15, 0.2) is 72.8 Å². The van der Waals surface area contributed by atoms with Gasteiger partial charge in [0, 0.05) is 22.7 Å². The van der Waals surface area contributed by atoms with E-state index in [2.05, 4.69) is 5.32 Å². The number of aryl methyl sites for hydroxylation is 1. The lowest BCUT2D eigenvalue weighted by atomic mass is 10.0. The van der Waals surface area contributed by atoms with E-state index in [0.717, 1.165) is 27.7 Å². The third-order valence-electron chi connectivity index (χ3n) is 4.92. The van der Waals surface area contributed by atoms with Crippen LogP contribution in [0.4, 0.5) is 5.69 Å². The Bertz CT molecular complexity index is 1230. The number of hydrogen-bond donors (Lipinski definition) is 1. The van der Waals surface area contributed by atoms with E-state index >= 15 is 0 Å². The molecule has 30 heavy (non-hydrogen) atoms. The Kier molecular flexibility index (Phi) is 5.35. The van der Waals surface area contributed by atoms with Gasteiger partial charge in [-0.3, -0.25) is 4.79 Å². The summed E-state index contributed by atoms with van der Waals surface area (Å²) in [6, 6.07) is 22.7. The number of nitrogens with zero attached hydrogens (tertiary/aromatic N) is 1. The van der Waals surface area contributed by atoms with E-state index in [0.29, 0.717) is 22.8 Å². The van der Waals surface area contributed by atoms with Crippen molar-refractivity contribution in [3.8, 4) is 22.8 Å². The second-order valence-corrected chi connectivity index (χ2v) is 6.96. The molecule has 0 spiro atoms. The van der Waals surface area contributed by atoms with Crippen molar-refractivity contribution in [2.75, 3.05) is 19.5 Å². The summed E-state index contributed by atoms with van der Waals surface area (Å²) >= 11 is 0. The van der Waals surface area contributed by atoms with Gasteiger partial charge in [0.25, 0.3) is 5.91 Å². The lowest BCUT2D eigenvalue weighted by Crippen LogP contribution is -2.13. The fourth-order valence-electron chi connectivity index (χ4n) is 3.43. The molecule has 4 aromatic rings. The van der Waals surface area contributed by atoms with Crippen molar-refractivity contribution < 1.29 is 14.3 Å². The lowest BCUT2D eigenvalue weighted by Gasteiger charge is -2.13. The van der Waals surface area contributed by atoms with E-state index in [1.807, 2.05) is 67.6 Å². The Morgan fingerprint density at radius 2 is 1.73 bits per heavy atom. The van der Waals surface area contributed by atoms with Crippen molar-refractivity contribution in [3.05, 3.63) is 83.9 Å². The molecule has 0 radical (unpaired) electrons. The summed E-state index contributed by atoms with van der Waals surface area (Å²) in [5.41, 5.74) is 4.56. The maximum Gasteiger partial charge on any atom is 0.256 e. The molecule has 0 aliphatic rings. The van der Waals surface area contributed by atoms with Gasteiger partial charge in [0.2, 0.25) is 0 Å². The standard InChI is InChI=1S/C25H22N2O3/c1-16-7-6-8-17(13-16)26-25(28)21-15-23(27-22-10-5-4-9-19(21)22)20-12-11-18(29-2)14-24(20)30-3/h4-15H,1-3H3,(H,26,28). The first kappa shape index (κ1) is 19.5. The highest BCUT2D eigenvalue weighted by atomic mass is 16.5. The molecule has 0 saturated heterocycles. The number of rotatable bonds is 5. The summed E-state index contributed by atoms with van der Waals surface area (Å²) in [6.07, 6.45) is 0. The van der Waals surface area contributed by atoms with Gasteiger partial charge in [0.1, 0.15) is 11.5 Å². The van der Waals surface area contributed by atoms with Gasteiger partial charge in [0.15, 0.2) is 0 Å². The summed E-state index contributed by atoms with van der Waals surface area (Å²) in [5, 5.41) is 3.79. The molecule has 1 amide bonds. The number of hydrogen-bond acceptors (Lipinski definition) is 4. The second-order valence-electron chi connectivity index (χ2n) is 6.96. The number of pyridine rings is 1. The zero-order valence-corrected chi connectivity index (χ0v) is 17.1. The van der Waals surface area contributed by atoms with Crippen LogP contribution in [0.2, 0.25) is 0 Å². The molecule has 150 valence electrons. The third-order valence-corrected chi connectivity index (χ3v) is 4.92. The number of ether oxygens (including phenoxy) is 2. The van der Waals surface area contributed by atoms with Crippen molar-refractivity contribution in [3.63, 3.8) is 0 Å². The van der Waals surface area contributed by atoms with Crippen LogP contribution in [0.1, 0.15) is 15.9 Å². The Labute approximate surface area is 175 Å². The average Bonchev–Trinajstić information content (AvgIpc) is 2.77. The van der Waals surface area contributed by atoms with Crippen molar-refractivity contribution in [2.24, 2.45) is 0 Å². The summed E-state index contributed by atoms with van der Waals surface area (Å²) in [4.78, 5) is 18.0. The third kappa shape index (κ3) is 3.82. The molecular weight excluding hydrogens is 376 g/mol. The number of fused-ring (bicyclic) bond motifs is 1. The van der Waals surface area contributed by atoms with Crippen LogP contribution in [-0.2, 0) is 0 Å². The number of amides is 1. The highest BCUT2D eigenvalue weighted by Gasteiger charge is 2.16. The van der Waals surface area contributed by atoms with E-state index in [1.54, 1.807) is 26.4 Å². The Morgan fingerprint density at radius 3 is 2.50 bits per heavy atom. The topological polar surface area (TPSA) is 60.5 Å². The number of carbonyl (C=O) groups excluding carboxylic acids is 1. The molecule has 0 atom stereocenters. The molecule has 0 bridgehead atoms. The highest BCUT2D eigenvalue weighted by Crippen LogP contribution is 2.34. The van der Waals surface area contributed by atoms with Crippen LogP contribution in [-0.4, -0.2) is 25.1 Å². The van der Waals surface area contributed by atoms with Crippen LogP contribution < -0.4 is 14.8 Å². The molecular formula is C25H22N2O3. The number of methoxy groups -OCH3 is 2. The molecule has 0 fully saturated rings. The number of aromatic nitrogens is 1. The predicted octanol–water partition coefficient (Wildman–Crippen LogP) is 5.48. The normalized spacial score (nSPS) is 10.6. The van der Waals surface area contributed by atoms with Crippen LogP contribution in [0.3, 0.4) is 0 Å². The number of para-hydroxylation sites is 1. The molecule has 4 rings (SSSR count). The zero-order valence-electron chi connectivity index (χ0n) is 17.1. The van der Waals surface area contributed by atoms with Crippen molar-refractivity contribution in [1.82, 2.24) is 4.98 Å². The molecule has 0 unspecified atom stereocenters. The van der Waals surface area contributed by atoms with Crippen molar-refractivity contribution in [2.45, 2.75) is 6.92 Å². The van der Waals surface area contributed by atoms with Gasteiger partial charge < -0.3 is 14.8 Å². The fourth-order valence-corrected chi connectivity index (χ4v) is 3.43. The smallest absolute Gasteiger partial charge is 0.256 e. The molecule has 0 aliphatic carbocycles. The highest BCUT2D eigenvalue weighted by molar-refractivity contribution is 6.13. The van der Waals surface area contributed by atoms with E-state index in [1.165, 1.54) is 0 Å². The SMILES string of the molecule is COc1ccc(-c2cc(C(=O)Nc3cccc(C)c3)c3ccccc3n2)c(OC)c1. The second kappa shape index (κ2) is 8.25. The van der Waals surface area contributed by atoms with E-state index < -0.39 is 0 Å². The molecule has 0 saturated carbocycles. The minimum atomic E-state index is -0.187. The largest absolute Gasteiger partial charge is 0.497 e. The van der Waals surface area contributed by atoms with Gasteiger partial charge in [0.05, 0.1) is 31.0 Å². The lowest BCUT2D eigenvalue weighted by molar-refractivity contribution is 0.102. The van der Waals surface area contributed by atoms with Gasteiger partial charge in [-0.2, -0.15) is 0 Å². The van der Waals surface area contributed by atoms with Gasteiger partial charge in [-0.05, 0) is 48.9 Å². The Morgan fingerprint density at radius 1 is 0.900 bits per heavy atom. The first-order valence-electron chi connectivity index (χ1n) is 9.59. The minimum Gasteiger partial charge on any atom is -0.497 e. The van der Waals surface area contributed by atoms with Gasteiger partial charge in [-0.25, -0.2) is 4.98 Å². The molecule has 5 heteroatoms. The number of nitrogens with one attached hydrogen (secondary N) is 1. The summed E-state index contributed by atoms with van der Waals surface area (Å²) < 4.78 is 10.8. The van der Waals surface area contributed by atoms with Crippen molar-refractivity contribution in [1.29, 1.82) is 0 Å². The Hall–Kier alpha value is -3.86. The summed E-state index contributed by atoms with van der Waals surface area (Å²) in [5.74, 6) is 1.13. The van der Waals surface area contributed by atoms with Gasteiger partial charge in [-0.1, -0.05) is 30.3 Å². The quantitative estimate of drug-likeness (QED) is 0.484. The molecule has 0 aliphatic heterocycles. The predicted molar refractivity (Wildman–Crippen MR) is 119 cm³/mol. The maximum absolute atomic E-state index is 13.2. The first-order valence-corrected chi connectivity index (χ1v) is 9.59. The monoisotopic (exact) mass is 398 g/mol. The number of carbonyl (C=O) groups is 1. The van der Waals surface area contributed by atoms with Gasteiger partial charge >= 0.3 is 0 Å². The van der Waals surface area contributed by atoms with Gasteiger partial charge in [-0.15, -0.1) is 0 Å². The number of anilines is 1. The van der Waals surface area contributed by atoms with E-state index in [4.69, 9.17) is 14.5 Å². The van der Waals surface area contributed by atoms with E-state index in [9.17, 15) is 4.79 Å². The summed E-state index contributed by atoms with van der Waals surface area (Å²) in [7, 11) is 3.21. The fraction of sp³-hybridized carbons (Fsp3) is 0.120. The van der Waals surface area contributed by atoms with Crippen LogP contribution in [0.5, 0.6) is 11.5 Å². The van der Waals surface area contributed by atoms with Crippen LogP contribution in [0.25, 0.3) is 22.2 Å². The van der Waals surface area contributed by atoms with E-state index in [-0.39, 0.29) is 5.91 Å². The molecule has 5 nitrogen and oxygen atoms in total. The minimum absolute atomic E-state index is 0.187. The van der Waals surface area contributed by atoms with Crippen LogP contribution in [0, 0.1) is 6.92 Å². The average molecular weight is 398 g/mol. The zero-order chi connectivity index (χ0) is 21.1. The molecule has 1 N–H and O–H groups in total. The first-order chi connectivity index (χ1) is 14.6. The maximum atomic E-state index is 13.2. The molecule has 1 aromatic heterocycles. The Balaban J connectivity index is 1.83. The summed E-state index contributed by atoms with van der Waals surface area (Å²) in [6.45, 7) is 1.99. The molecule has 3 aromatic carbocycles. The van der Waals surface area contributed by atoms with Crippen molar-refractivity contribution >= 4 is 22.5 Å². The molecule has 1 heterocycles. The number of benzene rings is 3. The van der Waals surface area contributed by atoms with Crippen LogP contribution >= 0.6 is 0 Å².